The standard InChI is InChI=1S/C49H90S2/c1-5-48(3,42-29-18-13-9-7-10-14-19-30-42)46-37-41(40-27-23-24-28-40)38-47(46)49(4,6-2)43-31-20-17-25-35-50-44-33-21-15-11-8-12-16-22-34-45(39-44)51-36-26-32-43/h40-47H,5-39H2,1-4H3. The summed E-state index contributed by atoms with van der Waals surface area (Å²) in [6.45, 7) is 11.1. The van der Waals surface area contributed by atoms with Crippen molar-refractivity contribution in [3.63, 3.8) is 0 Å². The highest BCUT2D eigenvalue weighted by Gasteiger charge is 2.55. The van der Waals surface area contributed by atoms with Crippen LogP contribution >= 0.6 is 23.5 Å². The fourth-order valence-electron chi connectivity index (χ4n) is 13.3. The molecule has 1 saturated heterocycles. The van der Waals surface area contributed by atoms with Crippen molar-refractivity contribution in [2.75, 3.05) is 11.5 Å². The van der Waals surface area contributed by atoms with Gasteiger partial charge in [-0.3, -0.25) is 0 Å². The van der Waals surface area contributed by atoms with E-state index in [2.05, 4.69) is 51.2 Å². The molecule has 0 aromatic heterocycles. The van der Waals surface area contributed by atoms with E-state index >= 15 is 0 Å². The molecule has 0 amide bonds. The molecule has 0 spiro atoms. The summed E-state index contributed by atoms with van der Waals surface area (Å²) in [5.41, 5.74) is 1.05. The van der Waals surface area contributed by atoms with Gasteiger partial charge in [-0.1, -0.05) is 169 Å². The number of fused-ring (bicyclic) bond motifs is 2. The fraction of sp³-hybridized carbons (Fsp3) is 1.00. The summed E-state index contributed by atoms with van der Waals surface area (Å²) in [5.74, 6) is 8.75. The Bertz CT molecular complexity index is 900. The second-order valence-corrected chi connectivity index (χ2v) is 22.7. The largest absolute Gasteiger partial charge is 0.159 e. The first-order valence-corrected chi connectivity index (χ1v) is 26.3. The van der Waals surface area contributed by atoms with Gasteiger partial charge >= 0.3 is 0 Å². The number of rotatable bonds is 7. The molecule has 51 heavy (non-hydrogen) atoms. The van der Waals surface area contributed by atoms with E-state index in [0.717, 1.165) is 46.0 Å². The van der Waals surface area contributed by atoms with Gasteiger partial charge in [0.1, 0.15) is 0 Å². The Morgan fingerprint density at radius 3 is 1.18 bits per heavy atom. The minimum Gasteiger partial charge on any atom is -0.159 e. The fourth-order valence-corrected chi connectivity index (χ4v) is 16.2. The maximum atomic E-state index is 2.90. The van der Waals surface area contributed by atoms with Gasteiger partial charge in [0, 0.05) is 10.5 Å². The van der Waals surface area contributed by atoms with Crippen LogP contribution in [0.5, 0.6) is 0 Å². The summed E-state index contributed by atoms with van der Waals surface area (Å²) < 4.78 is 0. The summed E-state index contributed by atoms with van der Waals surface area (Å²) in [6.07, 6.45) is 49.7. The van der Waals surface area contributed by atoms with Crippen molar-refractivity contribution in [2.45, 2.75) is 250 Å². The van der Waals surface area contributed by atoms with Crippen molar-refractivity contribution in [1.29, 1.82) is 0 Å². The third-order valence-electron chi connectivity index (χ3n) is 17.0. The average molecular weight is 743 g/mol. The van der Waals surface area contributed by atoms with Crippen LogP contribution in [-0.4, -0.2) is 22.0 Å². The Morgan fingerprint density at radius 1 is 0.373 bits per heavy atom. The zero-order valence-corrected chi connectivity index (χ0v) is 36.8. The summed E-state index contributed by atoms with van der Waals surface area (Å²) in [4.78, 5) is 0. The van der Waals surface area contributed by atoms with Crippen molar-refractivity contribution in [3.05, 3.63) is 0 Å². The molecule has 0 radical (unpaired) electrons. The lowest BCUT2D eigenvalue weighted by Gasteiger charge is -2.52. The van der Waals surface area contributed by atoms with Crippen LogP contribution in [0, 0.1) is 46.3 Å². The molecular formula is C49H90S2. The summed E-state index contributed by atoms with van der Waals surface area (Å²) >= 11 is 4.85. The normalized spacial score (nSPS) is 35.8. The number of thioether (sulfide) groups is 2. The van der Waals surface area contributed by atoms with Gasteiger partial charge in [0.15, 0.2) is 0 Å². The third-order valence-corrected chi connectivity index (χ3v) is 19.9. The van der Waals surface area contributed by atoms with Crippen molar-refractivity contribution in [2.24, 2.45) is 46.3 Å². The molecule has 4 aliphatic carbocycles. The van der Waals surface area contributed by atoms with E-state index in [9.17, 15) is 0 Å². The van der Waals surface area contributed by atoms with E-state index in [1.165, 1.54) is 198 Å². The molecule has 0 N–H and O–H groups in total. The van der Waals surface area contributed by atoms with Gasteiger partial charge < -0.3 is 0 Å². The maximum absolute atomic E-state index is 2.90. The van der Waals surface area contributed by atoms with E-state index in [4.69, 9.17) is 0 Å². The van der Waals surface area contributed by atoms with E-state index in [-0.39, 0.29) is 0 Å². The van der Waals surface area contributed by atoms with Gasteiger partial charge in [-0.2, -0.15) is 23.5 Å². The van der Waals surface area contributed by atoms with Crippen LogP contribution < -0.4 is 0 Å². The minimum absolute atomic E-state index is 0.513. The summed E-state index contributed by atoms with van der Waals surface area (Å²) in [7, 11) is 0. The smallest absolute Gasteiger partial charge is 0.00575 e. The zero-order valence-electron chi connectivity index (χ0n) is 35.2. The zero-order chi connectivity index (χ0) is 35.8. The molecule has 0 nitrogen and oxygen atoms in total. The SMILES string of the molecule is CCC(C)(C1CCCCCCCCC1)C1CC(C2CCCC2)CC1C(C)(CC)C1CCCCCSC2CCCCCCCCCC(C2)SCCC1. The highest BCUT2D eigenvalue weighted by atomic mass is 32.2. The highest BCUT2D eigenvalue weighted by Crippen LogP contribution is 2.63. The minimum atomic E-state index is 0.513. The molecule has 0 aromatic carbocycles. The molecule has 298 valence electrons. The van der Waals surface area contributed by atoms with Crippen molar-refractivity contribution in [1.82, 2.24) is 0 Å². The predicted octanol–water partition coefficient (Wildman–Crippen LogP) is 16.9. The number of hydrogen-bond acceptors (Lipinski definition) is 2. The Hall–Kier alpha value is 0.700. The van der Waals surface area contributed by atoms with Crippen LogP contribution in [0.3, 0.4) is 0 Å². The molecule has 2 heteroatoms. The second-order valence-electron chi connectivity index (χ2n) is 19.9. The molecule has 5 aliphatic rings. The Morgan fingerprint density at radius 2 is 0.725 bits per heavy atom. The Kier molecular flexibility index (Phi) is 19.4. The van der Waals surface area contributed by atoms with E-state index in [1.54, 1.807) is 25.7 Å². The first-order chi connectivity index (χ1) is 25.0. The molecule has 8 unspecified atom stereocenters. The van der Waals surface area contributed by atoms with Crippen molar-refractivity contribution < 1.29 is 0 Å². The van der Waals surface area contributed by atoms with Crippen LogP contribution in [-0.2, 0) is 0 Å². The Labute approximate surface area is 329 Å². The molecule has 0 aromatic rings. The number of hydrogen-bond donors (Lipinski definition) is 0. The molecule has 2 bridgehead atoms. The van der Waals surface area contributed by atoms with Gasteiger partial charge in [-0.25, -0.2) is 0 Å². The predicted molar refractivity (Wildman–Crippen MR) is 233 cm³/mol. The van der Waals surface area contributed by atoms with Gasteiger partial charge in [0.2, 0.25) is 0 Å². The van der Waals surface area contributed by atoms with Crippen LogP contribution in [0.4, 0.5) is 0 Å². The molecule has 8 atom stereocenters. The average Bonchev–Trinajstić information content (AvgIpc) is 3.85. The quantitative estimate of drug-likeness (QED) is 0.255. The molecule has 4 saturated carbocycles. The first-order valence-electron chi connectivity index (χ1n) is 24.2. The van der Waals surface area contributed by atoms with Gasteiger partial charge in [-0.15, -0.1) is 0 Å². The van der Waals surface area contributed by atoms with Crippen LogP contribution in [0.2, 0.25) is 0 Å². The monoisotopic (exact) mass is 743 g/mol. The first kappa shape index (κ1) is 42.8. The lowest BCUT2D eigenvalue weighted by molar-refractivity contribution is -0.0312. The lowest BCUT2D eigenvalue weighted by Crippen LogP contribution is -2.45. The third kappa shape index (κ3) is 12.6. The van der Waals surface area contributed by atoms with Gasteiger partial charge in [-0.05, 0) is 128 Å². The highest BCUT2D eigenvalue weighted by molar-refractivity contribution is 8.00. The lowest BCUT2D eigenvalue weighted by atomic mass is 9.53. The molecule has 1 heterocycles. The summed E-state index contributed by atoms with van der Waals surface area (Å²) in [5, 5.41) is 1.86. The van der Waals surface area contributed by atoms with Crippen LogP contribution in [0.15, 0.2) is 0 Å². The van der Waals surface area contributed by atoms with Gasteiger partial charge in [0.25, 0.3) is 0 Å². The van der Waals surface area contributed by atoms with Crippen LogP contribution in [0.25, 0.3) is 0 Å². The molecule has 1 aliphatic heterocycles. The van der Waals surface area contributed by atoms with Crippen LogP contribution in [0.1, 0.15) is 240 Å². The van der Waals surface area contributed by atoms with Crippen molar-refractivity contribution in [3.8, 4) is 0 Å². The maximum Gasteiger partial charge on any atom is 0.00575 e. The van der Waals surface area contributed by atoms with Crippen molar-refractivity contribution >= 4 is 23.5 Å². The molecular weight excluding hydrogens is 653 g/mol. The van der Waals surface area contributed by atoms with Gasteiger partial charge in [0.05, 0.1) is 0 Å². The van der Waals surface area contributed by atoms with E-state index < -0.39 is 0 Å². The summed E-state index contributed by atoms with van der Waals surface area (Å²) in [6, 6.07) is 0. The molecule has 5 fully saturated rings. The van der Waals surface area contributed by atoms with E-state index in [1.807, 2.05) is 0 Å². The topological polar surface area (TPSA) is 0 Å². The van der Waals surface area contributed by atoms with E-state index in [0.29, 0.717) is 10.8 Å². The Balaban J connectivity index is 1.34. The molecule has 5 rings (SSSR count). The second kappa shape index (κ2) is 23.1.